The number of carbonyl (C=O) groups is 1. The molecule has 0 aliphatic carbocycles. The highest BCUT2D eigenvalue weighted by Gasteiger charge is 2.12. The minimum atomic E-state index is -0.309. The number of aryl methyl sites for hydroxylation is 1. The zero-order chi connectivity index (χ0) is 18.4. The summed E-state index contributed by atoms with van der Waals surface area (Å²) in [5, 5.41) is 2.79. The fourth-order valence-electron chi connectivity index (χ4n) is 2.44. The maximum atomic E-state index is 12.3. The first kappa shape index (κ1) is 17.6. The van der Waals surface area contributed by atoms with Gasteiger partial charge in [0.25, 0.3) is 5.91 Å². The van der Waals surface area contributed by atoms with Crippen molar-refractivity contribution in [2.45, 2.75) is 20.5 Å². The highest BCUT2D eigenvalue weighted by molar-refractivity contribution is 6.02. The van der Waals surface area contributed by atoms with Crippen LogP contribution in [0.15, 0.2) is 65.1 Å². The van der Waals surface area contributed by atoms with Crippen LogP contribution in [0.5, 0.6) is 11.5 Å². The Balaban J connectivity index is 1.58. The molecule has 0 saturated carbocycles. The maximum Gasteiger partial charge on any atom is 0.291 e. The first-order chi connectivity index (χ1) is 12.7. The second kappa shape index (κ2) is 8.25. The van der Waals surface area contributed by atoms with Gasteiger partial charge in [0.05, 0.1) is 6.61 Å². The summed E-state index contributed by atoms with van der Waals surface area (Å²) in [4.78, 5) is 12.3. The van der Waals surface area contributed by atoms with E-state index in [4.69, 9.17) is 13.9 Å². The number of hydrogen-bond acceptors (Lipinski definition) is 4. The van der Waals surface area contributed by atoms with Gasteiger partial charge in [0.1, 0.15) is 23.9 Å². The molecule has 5 heteroatoms. The van der Waals surface area contributed by atoms with Gasteiger partial charge < -0.3 is 19.2 Å². The van der Waals surface area contributed by atoms with Crippen molar-refractivity contribution in [1.82, 2.24) is 0 Å². The molecule has 3 aromatic rings. The van der Waals surface area contributed by atoms with Crippen molar-refractivity contribution in [1.29, 1.82) is 0 Å². The summed E-state index contributed by atoms with van der Waals surface area (Å²) in [5.74, 6) is 2.08. The van der Waals surface area contributed by atoms with Gasteiger partial charge >= 0.3 is 0 Å². The topological polar surface area (TPSA) is 60.7 Å². The molecule has 0 aliphatic heterocycles. The van der Waals surface area contributed by atoms with Gasteiger partial charge in [-0.2, -0.15) is 0 Å². The molecule has 1 amide bonds. The highest BCUT2D eigenvalue weighted by atomic mass is 16.5. The van der Waals surface area contributed by atoms with Gasteiger partial charge in [0.15, 0.2) is 5.76 Å². The lowest BCUT2D eigenvalue weighted by molar-refractivity contribution is 0.0992. The Hall–Kier alpha value is -3.21. The molecule has 134 valence electrons. The molecule has 0 radical (unpaired) electrons. The van der Waals surface area contributed by atoms with Gasteiger partial charge in [-0.15, -0.1) is 0 Å². The molecule has 3 rings (SSSR count). The van der Waals surface area contributed by atoms with Crippen LogP contribution in [0.25, 0.3) is 0 Å². The third kappa shape index (κ3) is 4.45. The largest absolute Gasteiger partial charge is 0.494 e. The molecule has 0 fully saturated rings. The Bertz CT molecular complexity index is 868. The van der Waals surface area contributed by atoms with Gasteiger partial charge in [-0.25, -0.2) is 0 Å². The van der Waals surface area contributed by atoms with Gasteiger partial charge in [0, 0.05) is 5.69 Å². The zero-order valence-corrected chi connectivity index (χ0v) is 14.8. The van der Waals surface area contributed by atoms with E-state index >= 15 is 0 Å². The van der Waals surface area contributed by atoms with E-state index in [0.29, 0.717) is 18.1 Å². The number of anilines is 1. The van der Waals surface area contributed by atoms with E-state index in [0.717, 1.165) is 17.1 Å². The van der Waals surface area contributed by atoms with Gasteiger partial charge in [-0.3, -0.25) is 4.79 Å². The van der Waals surface area contributed by atoms with Crippen LogP contribution in [0.4, 0.5) is 5.69 Å². The van der Waals surface area contributed by atoms with Crippen molar-refractivity contribution in [2.24, 2.45) is 0 Å². The molecular formula is C21H21NO4. The average molecular weight is 351 g/mol. The van der Waals surface area contributed by atoms with Crippen LogP contribution >= 0.6 is 0 Å². The SMILES string of the molecule is CCOc1ccc(NC(=O)c2ccc(COc3ccccc3C)o2)cc1. The molecule has 0 aliphatic rings. The van der Waals surface area contributed by atoms with Crippen molar-refractivity contribution in [3.63, 3.8) is 0 Å². The van der Waals surface area contributed by atoms with E-state index in [-0.39, 0.29) is 18.3 Å². The van der Waals surface area contributed by atoms with Crippen LogP contribution in [-0.2, 0) is 6.61 Å². The van der Waals surface area contributed by atoms with Crippen LogP contribution in [-0.4, -0.2) is 12.5 Å². The molecule has 1 heterocycles. The molecule has 26 heavy (non-hydrogen) atoms. The third-order valence-corrected chi connectivity index (χ3v) is 3.77. The molecule has 2 aromatic carbocycles. The number of amides is 1. The van der Waals surface area contributed by atoms with E-state index < -0.39 is 0 Å². The van der Waals surface area contributed by atoms with Crippen molar-refractivity contribution in [3.8, 4) is 11.5 Å². The highest BCUT2D eigenvalue weighted by Crippen LogP contribution is 2.20. The lowest BCUT2D eigenvalue weighted by atomic mass is 10.2. The third-order valence-electron chi connectivity index (χ3n) is 3.77. The number of nitrogens with one attached hydrogen (secondary N) is 1. The summed E-state index contributed by atoms with van der Waals surface area (Å²) in [6.07, 6.45) is 0. The summed E-state index contributed by atoms with van der Waals surface area (Å²) >= 11 is 0. The lowest BCUT2D eigenvalue weighted by Gasteiger charge is -2.07. The van der Waals surface area contributed by atoms with Crippen LogP contribution in [0, 0.1) is 6.92 Å². The van der Waals surface area contributed by atoms with Crippen LogP contribution in [0.1, 0.15) is 28.8 Å². The van der Waals surface area contributed by atoms with E-state index in [2.05, 4.69) is 5.32 Å². The van der Waals surface area contributed by atoms with E-state index in [1.165, 1.54) is 0 Å². The smallest absolute Gasteiger partial charge is 0.291 e. The first-order valence-corrected chi connectivity index (χ1v) is 8.47. The van der Waals surface area contributed by atoms with E-state index in [1.54, 1.807) is 24.3 Å². The fraction of sp³-hybridized carbons (Fsp3) is 0.190. The molecular weight excluding hydrogens is 330 g/mol. The van der Waals surface area contributed by atoms with E-state index in [9.17, 15) is 4.79 Å². The van der Waals surface area contributed by atoms with Crippen LogP contribution in [0.2, 0.25) is 0 Å². The number of ether oxygens (including phenoxy) is 2. The van der Waals surface area contributed by atoms with Gasteiger partial charge in [0.2, 0.25) is 0 Å². The molecule has 0 spiro atoms. The Labute approximate surface area is 152 Å². The summed E-state index contributed by atoms with van der Waals surface area (Å²) in [6.45, 7) is 4.77. The minimum Gasteiger partial charge on any atom is -0.494 e. The molecule has 0 unspecified atom stereocenters. The van der Waals surface area contributed by atoms with Gasteiger partial charge in [-0.05, 0) is 61.9 Å². The van der Waals surface area contributed by atoms with Gasteiger partial charge in [-0.1, -0.05) is 18.2 Å². The first-order valence-electron chi connectivity index (χ1n) is 8.47. The summed E-state index contributed by atoms with van der Waals surface area (Å²) in [5.41, 5.74) is 1.72. The van der Waals surface area contributed by atoms with Crippen molar-refractivity contribution in [2.75, 3.05) is 11.9 Å². The molecule has 1 N–H and O–H groups in total. The monoisotopic (exact) mass is 351 g/mol. The molecule has 1 aromatic heterocycles. The van der Waals surface area contributed by atoms with Crippen LogP contribution < -0.4 is 14.8 Å². The zero-order valence-electron chi connectivity index (χ0n) is 14.8. The van der Waals surface area contributed by atoms with Crippen LogP contribution in [0.3, 0.4) is 0 Å². The number of benzene rings is 2. The lowest BCUT2D eigenvalue weighted by Crippen LogP contribution is -2.10. The summed E-state index contributed by atoms with van der Waals surface area (Å²) in [7, 11) is 0. The van der Waals surface area contributed by atoms with Crippen molar-refractivity contribution >= 4 is 11.6 Å². The number of furan rings is 1. The van der Waals surface area contributed by atoms with Crippen molar-refractivity contribution in [3.05, 3.63) is 77.7 Å². The van der Waals surface area contributed by atoms with Crippen molar-refractivity contribution < 1.29 is 18.7 Å². The minimum absolute atomic E-state index is 0.238. The number of carbonyl (C=O) groups excluding carboxylic acids is 1. The van der Waals surface area contributed by atoms with E-state index in [1.807, 2.05) is 50.2 Å². The second-order valence-electron chi connectivity index (χ2n) is 5.73. The standard InChI is InChI=1S/C21H21NO4/c1-3-24-17-10-8-16(9-11-17)22-21(23)20-13-12-18(26-20)14-25-19-7-5-4-6-15(19)2/h4-13H,3,14H2,1-2H3,(H,22,23). The summed E-state index contributed by atoms with van der Waals surface area (Å²) < 4.78 is 16.7. The maximum absolute atomic E-state index is 12.3. The number of hydrogen-bond donors (Lipinski definition) is 1. The molecule has 0 bridgehead atoms. The average Bonchev–Trinajstić information content (AvgIpc) is 3.12. The Morgan fingerprint density at radius 2 is 1.77 bits per heavy atom. The second-order valence-corrected chi connectivity index (χ2v) is 5.73. The number of para-hydroxylation sites is 1. The Kier molecular flexibility index (Phi) is 5.59. The molecule has 0 atom stereocenters. The summed E-state index contributed by atoms with van der Waals surface area (Å²) in [6, 6.07) is 18.3. The predicted octanol–water partition coefficient (Wildman–Crippen LogP) is 4.82. The normalized spacial score (nSPS) is 10.4. The molecule has 5 nitrogen and oxygen atoms in total. The predicted molar refractivity (Wildman–Crippen MR) is 99.8 cm³/mol. The quantitative estimate of drug-likeness (QED) is 0.663. The molecule has 0 saturated heterocycles. The Morgan fingerprint density at radius 3 is 2.50 bits per heavy atom. The fourth-order valence-corrected chi connectivity index (χ4v) is 2.44. The Morgan fingerprint density at radius 1 is 1.00 bits per heavy atom. The number of rotatable bonds is 7.